The van der Waals surface area contributed by atoms with E-state index in [1.165, 1.54) is 23.1 Å². The van der Waals surface area contributed by atoms with E-state index in [-0.39, 0.29) is 28.7 Å². The zero-order valence-corrected chi connectivity index (χ0v) is 26.2. The van der Waals surface area contributed by atoms with Gasteiger partial charge in [-0.1, -0.05) is 66.8 Å². The molecule has 0 spiro atoms. The summed E-state index contributed by atoms with van der Waals surface area (Å²) in [6, 6.07) is 15.2. The number of amides is 1. The summed E-state index contributed by atoms with van der Waals surface area (Å²) < 4.78 is 11.1. The van der Waals surface area contributed by atoms with Crippen molar-refractivity contribution in [3.8, 4) is 17.6 Å². The molecular weight excluding hydrogens is 585 g/mol. The van der Waals surface area contributed by atoms with E-state index in [1.807, 2.05) is 45.0 Å². The lowest BCUT2D eigenvalue weighted by Gasteiger charge is -2.42. The van der Waals surface area contributed by atoms with Crippen LogP contribution in [-0.2, 0) is 9.59 Å². The number of hydrogen-bond donors (Lipinski definition) is 2. The van der Waals surface area contributed by atoms with Crippen LogP contribution in [0.2, 0.25) is 0 Å². The Bertz CT molecular complexity index is 1660. The number of methoxy groups -OCH3 is 2. The molecule has 10 nitrogen and oxygen atoms in total. The molecule has 1 atom stereocenters. The maximum Gasteiger partial charge on any atom is 0.234 e. The number of allylic oxidation sites excluding steroid dienone is 3. The van der Waals surface area contributed by atoms with E-state index < -0.39 is 5.92 Å². The Morgan fingerprint density at radius 1 is 1.16 bits per heavy atom. The predicted molar refractivity (Wildman–Crippen MR) is 167 cm³/mol. The molecule has 222 valence electrons. The molecule has 0 saturated carbocycles. The van der Waals surface area contributed by atoms with E-state index in [2.05, 4.69) is 21.6 Å². The predicted octanol–water partition coefficient (Wildman–Crippen LogP) is 5.54. The Labute approximate surface area is 258 Å². The second kappa shape index (κ2) is 12.1. The van der Waals surface area contributed by atoms with Crippen LogP contribution in [0, 0.1) is 23.7 Å². The number of anilines is 2. The number of thioether (sulfide) groups is 1. The Morgan fingerprint density at radius 3 is 2.47 bits per heavy atom. The minimum Gasteiger partial charge on any atom is -0.497 e. The van der Waals surface area contributed by atoms with Crippen molar-refractivity contribution in [1.82, 2.24) is 10.2 Å². The van der Waals surface area contributed by atoms with Crippen LogP contribution in [0.1, 0.15) is 43.7 Å². The van der Waals surface area contributed by atoms with Gasteiger partial charge in [0.25, 0.3) is 0 Å². The molecular formula is C31H32N6O4S2. The molecule has 2 aliphatic rings. The number of ether oxygens (including phenoxy) is 2. The smallest absolute Gasteiger partial charge is 0.234 e. The molecule has 0 saturated heterocycles. The molecule has 2 aromatic carbocycles. The normalized spacial score (nSPS) is 17.8. The van der Waals surface area contributed by atoms with E-state index in [1.54, 1.807) is 37.3 Å². The molecule has 2 heterocycles. The standard InChI is InChI=1S/C31H32N6O4S2/c1-17-6-8-18(9-7-17)26-22(15-32)28(33)37(23-13-31(2,3)14-24(38)27(23)26)29-35-36-30(43-29)42-16-25(39)34-19-10-20(40-4)12-21(11-19)41-5/h6-12,26H,13-14,16,33H2,1-5H3,(H,34,39). The Morgan fingerprint density at radius 2 is 1.84 bits per heavy atom. The summed E-state index contributed by atoms with van der Waals surface area (Å²) in [7, 11) is 3.08. The number of hydrogen-bond acceptors (Lipinski definition) is 11. The number of ketones is 1. The number of nitriles is 1. The molecule has 43 heavy (non-hydrogen) atoms. The average Bonchev–Trinajstić information content (AvgIpc) is 3.43. The first kappa shape index (κ1) is 30.1. The molecule has 1 unspecified atom stereocenters. The van der Waals surface area contributed by atoms with Gasteiger partial charge in [0.05, 0.1) is 37.5 Å². The summed E-state index contributed by atoms with van der Waals surface area (Å²) in [6.07, 6.45) is 0.941. The van der Waals surface area contributed by atoms with Gasteiger partial charge in [-0.2, -0.15) is 5.26 Å². The van der Waals surface area contributed by atoms with Gasteiger partial charge in [0, 0.05) is 41.6 Å². The van der Waals surface area contributed by atoms with Crippen molar-refractivity contribution >= 4 is 45.6 Å². The van der Waals surface area contributed by atoms with E-state index in [0.29, 0.717) is 50.6 Å². The number of aromatic nitrogens is 2. The largest absolute Gasteiger partial charge is 0.497 e. The van der Waals surface area contributed by atoms with Gasteiger partial charge in [-0.25, -0.2) is 0 Å². The van der Waals surface area contributed by atoms with Crippen molar-refractivity contribution in [3.63, 3.8) is 0 Å². The number of carbonyl (C=O) groups is 2. The first-order valence-corrected chi connectivity index (χ1v) is 15.4. The van der Waals surface area contributed by atoms with Gasteiger partial charge >= 0.3 is 0 Å². The number of nitrogens with one attached hydrogen (secondary N) is 1. The Kier molecular flexibility index (Phi) is 8.48. The molecule has 0 fully saturated rings. The molecule has 1 aromatic heterocycles. The zero-order valence-electron chi connectivity index (χ0n) is 24.6. The minimum absolute atomic E-state index is 0.00738. The van der Waals surface area contributed by atoms with Crippen molar-refractivity contribution < 1.29 is 19.1 Å². The van der Waals surface area contributed by atoms with Crippen LogP contribution in [0.5, 0.6) is 11.5 Å². The molecule has 0 bridgehead atoms. The van der Waals surface area contributed by atoms with Gasteiger partial charge in [-0.05, 0) is 24.3 Å². The lowest BCUT2D eigenvalue weighted by atomic mass is 9.68. The van der Waals surface area contributed by atoms with Crippen molar-refractivity contribution in [2.24, 2.45) is 11.1 Å². The van der Waals surface area contributed by atoms with Crippen molar-refractivity contribution in [2.45, 2.75) is 43.9 Å². The van der Waals surface area contributed by atoms with E-state index >= 15 is 0 Å². The van der Waals surface area contributed by atoms with Gasteiger partial charge in [0.15, 0.2) is 10.1 Å². The van der Waals surface area contributed by atoms with E-state index in [0.717, 1.165) is 16.8 Å². The molecule has 5 rings (SSSR count). The summed E-state index contributed by atoms with van der Waals surface area (Å²) in [5, 5.41) is 22.2. The molecule has 1 amide bonds. The SMILES string of the molecule is COc1cc(NC(=O)CSc2nnc(N3C(N)=C(C#N)C(c4ccc(C)cc4)C4=C3CC(C)(C)CC4=O)s2)cc(OC)c1. The van der Waals surface area contributed by atoms with Gasteiger partial charge in [0.1, 0.15) is 17.3 Å². The van der Waals surface area contributed by atoms with Crippen LogP contribution < -0.4 is 25.4 Å². The van der Waals surface area contributed by atoms with Crippen molar-refractivity contribution in [3.05, 3.63) is 76.3 Å². The van der Waals surface area contributed by atoms with Crippen LogP contribution in [-0.4, -0.2) is 41.9 Å². The molecule has 0 radical (unpaired) electrons. The van der Waals surface area contributed by atoms with Crippen LogP contribution in [0.15, 0.2) is 69.5 Å². The third kappa shape index (κ3) is 6.23. The number of Topliss-reactive ketones (excluding diaryl/α,β-unsaturated/α-hetero) is 1. The second-order valence-electron chi connectivity index (χ2n) is 11.2. The number of nitrogens with zero attached hydrogens (tertiary/aromatic N) is 4. The molecule has 1 aliphatic carbocycles. The monoisotopic (exact) mass is 616 g/mol. The maximum atomic E-state index is 13.7. The quantitative estimate of drug-likeness (QED) is 0.310. The zero-order chi connectivity index (χ0) is 30.9. The molecule has 3 N–H and O–H groups in total. The van der Waals surface area contributed by atoms with Gasteiger partial charge in [-0.15, -0.1) is 10.2 Å². The minimum atomic E-state index is -0.554. The highest BCUT2D eigenvalue weighted by Crippen LogP contribution is 2.50. The van der Waals surface area contributed by atoms with Gasteiger partial charge < -0.3 is 20.5 Å². The lowest BCUT2D eigenvalue weighted by molar-refractivity contribution is -0.118. The van der Waals surface area contributed by atoms with Crippen LogP contribution in [0.4, 0.5) is 10.8 Å². The summed E-state index contributed by atoms with van der Waals surface area (Å²) in [4.78, 5) is 28.1. The Balaban J connectivity index is 1.42. The fourth-order valence-corrected chi connectivity index (χ4v) is 7.06. The third-order valence-electron chi connectivity index (χ3n) is 7.34. The molecule has 1 aliphatic heterocycles. The first-order valence-electron chi connectivity index (χ1n) is 13.6. The second-order valence-corrected chi connectivity index (χ2v) is 13.4. The summed E-state index contributed by atoms with van der Waals surface area (Å²) in [5.74, 6) is 0.623. The third-order valence-corrected chi connectivity index (χ3v) is 9.38. The summed E-state index contributed by atoms with van der Waals surface area (Å²) in [5.41, 5.74) is 10.5. The summed E-state index contributed by atoms with van der Waals surface area (Å²) in [6.45, 7) is 6.09. The highest BCUT2D eigenvalue weighted by molar-refractivity contribution is 8.01. The topological polar surface area (TPSA) is 143 Å². The van der Waals surface area contributed by atoms with E-state index in [9.17, 15) is 14.9 Å². The number of aryl methyl sites for hydroxylation is 1. The Hall–Kier alpha value is -4.34. The number of benzene rings is 2. The van der Waals surface area contributed by atoms with Crippen LogP contribution >= 0.6 is 23.1 Å². The van der Waals surface area contributed by atoms with E-state index in [4.69, 9.17) is 15.2 Å². The number of carbonyl (C=O) groups excluding carboxylic acids is 2. The fourth-order valence-electron chi connectivity index (χ4n) is 5.37. The molecule has 12 heteroatoms. The van der Waals surface area contributed by atoms with Gasteiger partial charge in [-0.3, -0.25) is 14.5 Å². The first-order chi connectivity index (χ1) is 20.5. The summed E-state index contributed by atoms with van der Waals surface area (Å²) >= 11 is 2.48. The van der Waals surface area contributed by atoms with Crippen LogP contribution in [0.3, 0.4) is 0 Å². The van der Waals surface area contributed by atoms with Crippen molar-refractivity contribution in [1.29, 1.82) is 5.26 Å². The average molecular weight is 617 g/mol. The highest BCUT2D eigenvalue weighted by Gasteiger charge is 2.45. The fraction of sp³-hybridized carbons (Fsp3) is 0.323. The van der Waals surface area contributed by atoms with Crippen LogP contribution in [0.25, 0.3) is 0 Å². The van der Waals surface area contributed by atoms with Gasteiger partial charge in [0.2, 0.25) is 11.0 Å². The van der Waals surface area contributed by atoms with Crippen molar-refractivity contribution in [2.75, 3.05) is 30.2 Å². The number of rotatable bonds is 8. The lowest BCUT2D eigenvalue weighted by Crippen LogP contribution is -2.42. The highest BCUT2D eigenvalue weighted by atomic mass is 32.2. The maximum absolute atomic E-state index is 13.7. The molecule has 3 aromatic rings. The number of nitrogens with two attached hydrogens (primary N) is 1.